The van der Waals surface area contributed by atoms with E-state index in [4.69, 9.17) is 0 Å². The van der Waals surface area contributed by atoms with E-state index in [9.17, 15) is 8.78 Å². The molecule has 0 aliphatic rings. The maximum absolute atomic E-state index is 14.4. The third kappa shape index (κ3) is 3.16. The van der Waals surface area contributed by atoms with E-state index in [0.29, 0.717) is 5.82 Å². The first-order valence-electron chi connectivity index (χ1n) is 6.66. The molecule has 3 aromatic rings. The van der Waals surface area contributed by atoms with Gasteiger partial charge in [-0.1, -0.05) is 39.7 Å². The Morgan fingerprint density at radius 3 is 2.48 bits per heavy atom. The van der Waals surface area contributed by atoms with Gasteiger partial charge in [-0.05, 0) is 25.0 Å². The number of aryl methyl sites for hydroxylation is 2. The van der Waals surface area contributed by atoms with Crippen LogP contribution in [0.5, 0.6) is 0 Å². The maximum Gasteiger partial charge on any atom is 0.0631 e. The Kier molecular flexibility index (Phi) is 5.50. The predicted octanol–water partition coefficient (Wildman–Crippen LogP) is 4.99. The molecule has 1 heterocycles. The molecule has 6 heteroatoms. The van der Waals surface area contributed by atoms with Crippen molar-refractivity contribution in [2.24, 2.45) is 0 Å². The van der Waals surface area contributed by atoms with Crippen LogP contribution >= 0.6 is 15.9 Å². The van der Waals surface area contributed by atoms with Crippen molar-refractivity contribution in [2.75, 3.05) is 0 Å². The van der Waals surface area contributed by atoms with Crippen LogP contribution in [0.4, 0.5) is 8.78 Å². The minimum Gasteiger partial charge on any atom is -0.339 e. The van der Waals surface area contributed by atoms with Crippen molar-refractivity contribution in [3.63, 3.8) is 0 Å². The van der Waals surface area contributed by atoms with Gasteiger partial charge in [0, 0.05) is 42.7 Å². The number of rotatable bonds is 2. The summed E-state index contributed by atoms with van der Waals surface area (Å²) >= 11 is 2.92. The van der Waals surface area contributed by atoms with Gasteiger partial charge in [-0.3, -0.25) is 13.8 Å². The van der Waals surface area contributed by atoms with Crippen molar-refractivity contribution in [1.29, 1.82) is 0 Å². The fourth-order valence-electron chi connectivity index (χ4n) is 2.49. The standard InChI is InChI=1S/C17H12BrF2N2.Ir/c1-10-4-3-5-11(2)16(10)22-9-8-21-17(22)12-6-7-13(19)14(18)15(12)20;/h3-5,7-9H,1-2H3;/q-1;. The van der Waals surface area contributed by atoms with E-state index in [-0.39, 0.29) is 30.1 Å². The van der Waals surface area contributed by atoms with Gasteiger partial charge in [0.15, 0.2) is 0 Å². The molecule has 0 atom stereocenters. The quantitative estimate of drug-likeness (QED) is 0.323. The number of imidazole rings is 1. The van der Waals surface area contributed by atoms with Crippen LogP contribution in [0.1, 0.15) is 11.1 Å². The molecule has 0 amide bonds. The molecule has 2 aromatic carbocycles. The molecule has 0 aliphatic carbocycles. The van der Waals surface area contributed by atoms with E-state index >= 15 is 0 Å². The van der Waals surface area contributed by atoms with Gasteiger partial charge in [0.25, 0.3) is 0 Å². The molecule has 0 bridgehead atoms. The first kappa shape index (κ1) is 18.0. The summed E-state index contributed by atoms with van der Waals surface area (Å²) in [5.74, 6) is -1.01. The van der Waals surface area contributed by atoms with Crippen molar-refractivity contribution in [2.45, 2.75) is 13.8 Å². The van der Waals surface area contributed by atoms with Gasteiger partial charge < -0.3 is 4.57 Å². The van der Waals surface area contributed by atoms with Crippen LogP contribution in [-0.2, 0) is 20.1 Å². The monoisotopic (exact) mass is 554 g/mol. The zero-order valence-corrected chi connectivity index (χ0v) is 16.3. The summed E-state index contributed by atoms with van der Waals surface area (Å²) in [5, 5.41) is 0. The number of nitrogens with zero attached hydrogens (tertiary/aromatic N) is 2. The largest absolute Gasteiger partial charge is 0.339 e. The summed E-state index contributed by atoms with van der Waals surface area (Å²) in [6, 6.07) is 9.66. The van der Waals surface area contributed by atoms with Crippen LogP contribution in [0.2, 0.25) is 0 Å². The van der Waals surface area contributed by atoms with Crippen LogP contribution in [-0.4, -0.2) is 9.55 Å². The molecule has 1 aromatic heterocycles. The Bertz CT molecular complexity index is 842. The molecule has 0 spiro atoms. The van der Waals surface area contributed by atoms with Crippen molar-refractivity contribution in [1.82, 2.24) is 9.55 Å². The van der Waals surface area contributed by atoms with Gasteiger partial charge in [-0.15, -0.1) is 12.1 Å². The topological polar surface area (TPSA) is 17.8 Å². The van der Waals surface area contributed by atoms with Gasteiger partial charge in [-0.2, -0.15) is 0 Å². The number of hydrogen-bond donors (Lipinski definition) is 0. The minimum atomic E-state index is -0.710. The van der Waals surface area contributed by atoms with Gasteiger partial charge in [0.05, 0.1) is 17.5 Å². The Morgan fingerprint density at radius 2 is 1.83 bits per heavy atom. The summed E-state index contributed by atoms with van der Waals surface area (Å²) in [6.07, 6.45) is 3.35. The summed E-state index contributed by atoms with van der Waals surface area (Å²) in [4.78, 5) is 4.23. The number of benzene rings is 2. The average Bonchev–Trinajstić information content (AvgIpc) is 2.94. The summed E-state index contributed by atoms with van der Waals surface area (Å²) < 4.78 is 29.3. The Hall–Kier alpha value is -1.36. The van der Waals surface area contributed by atoms with Gasteiger partial charge in [-0.25, -0.2) is 0 Å². The van der Waals surface area contributed by atoms with E-state index in [2.05, 4.69) is 27.0 Å². The molecule has 0 N–H and O–H groups in total. The molecule has 2 nitrogen and oxygen atoms in total. The fourth-order valence-corrected chi connectivity index (χ4v) is 2.81. The summed E-state index contributed by atoms with van der Waals surface area (Å²) in [5.41, 5.74) is 3.14. The average molecular weight is 554 g/mol. The van der Waals surface area contributed by atoms with Gasteiger partial charge in [0.1, 0.15) is 0 Å². The van der Waals surface area contributed by atoms with Crippen LogP contribution in [0, 0.1) is 31.5 Å². The first-order valence-corrected chi connectivity index (χ1v) is 7.45. The number of hydrogen-bond acceptors (Lipinski definition) is 1. The van der Waals surface area contributed by atoms with Crippen LogP contribution in [0.15, 0.2) is 41.1 Å². The maximum atomic E-state index is 14.4. The molecular formula is C17H12BrF2IrN2-. The molecule has 121 valence electrons. The third-order valence-electron chi connectivity index (χ3n) is 3.51. The van der Waals surface area contributed by atoms with Crippen LogP contribution < -0.4 is 0 Å². The molecule has 1 radical (unpaired) electrons. The molecule has 23 heavy (non-hydrogen) atoms. The van der Waals surface area contributed by atoms with E-state index in [0.717, 1.165) is 22.9 Å². The Labute approximate surface area is 155 Å². The van der Waals surface area contributed by atoms with E-state index < -0.39 is 11.6 Å². The molecule has 0 unspecified atom stereocenters. The molecule has 0 saturated heterocycles. The van der Waals surface area contributed by atoms with E-state index in [1.165, 1.54) is 0 Å². The smallest absolute Gasteiger partial charge is 0.0631 e. The molecule has 3 rings (SSSR count). The predicted molar refractivity (Wildman–Crippen MR) is 84.9 cm³/mol. The SMILES string of the molecule is Cc1cccc(C)c1-n1ccnc1-c1[c-]cc(F)c(Br)c1F.[Ir]. The second-order valence-electron chi connectivity index (χ2n) is 5.00. The van der Waals surface area contributed by atoms with Crippen molar-refractivity contribution < 1.29 is 28.9 Å². The van der Waals surface area contributed by atoms with E-state index in [1.54, 1.807) is 17.0 Å². The van der Waals surface area contributed by atoms with Crippen molar-refractivity contribution in [3.8, 4) is 17.1 Å². The third-order valence-corrected chi connectivity index (χ3v) is 4.24. The number of para-hydroxylation sites is 1. The summed E-state index contributed by atoms with van der Waals surface area (Å²) in [6.45, 7) is 3.96. The normalized spacial score (nSPS) is 10.5. The van der Waals surface area contributed by atoms with Crippen LogP contribution in [0.3, 0.4) is 0 Å². The van der Waals surface area contributed by atoms with Gasteiger partial charge in [0.2, 0.25) is 0 Å². The number of aromatic nitrogens is 2. The second-order valence-corrected chi connectivity index (χ2v) is 5.79. The Balaban J connectivity index is 0.00000192. The molecular weight excluding hydrogens is 542 g/mol. The summed E-state index contributed by atoms with van der Waals surface area (Å²) in [7, 11) is 0. The van der Waals surface area contributed by atoms with Crippen molar-refractivity contribution in [3.05, 3.63) is 70.0 Å². The zero-order valence-electron chi connectivity index (χ0n) is 12.3. The Morgan fingerprint density at radius 1 is 1.17 bits per heavy atom. The first-order chi connectivity index (χ1) is 10.5. The van der Waals surface area contributed by atoms with E-state index in [1.807, 2.05) is 32.0 Å². The zero-order chi connectivity index (χ0) is 15.9. The van der Waals surface area contributed by atoms with Crippen LogP contribution in [0.25, 0.3) is 17.1 Å². The molecule has 0 aliphatic heterocycles. The second kappa shape index (κ2) is 7.03. The molecule has 0 fully saturated rings. The fraction of sp³-hybridized carbons (Fsp3) is 0.118. The number of halogens is 3. The van der Waals surface area contributed by atoms with Crippen molar-refractivity contribution >= 4 is 15.9 Å². The minimum absolute atomic E-state index is 0. The molecule has 0 saturated carbocycles. The van der Waals surface area contributed by atoms with Gasteiger partial charge >= 0.3 is 0 Å².